The number of carboxylic acids is 1. The monoisotopic (exact) mass is 487 g/mol. The Morgan fingerprint density at radius 3 is 2.00 bits per heavy atom. The van der Waals surface area contributed by atoms with Crippen LogP contribution in [0.25, 0.3) is 0 Å². The number of carboxylic acid groups (broad SMARTS) is 1. The molecule has 0 aliphatic heterocycles. The third kappa shape index (κ3) is 11.8. The SMILES string of the molecule is CCC(C)C(NC(=O)C(CC(C)C)NC(=O)C(N)CCCN=C(N)N)C(=O)NC(CO)C(=O)O. The molecule has 0 aromatic carbocycles. The lowest BCUT2D eigenvalue weighted by atomic mass is 9.96. The normalized spacial score (nSPS) is 15.4. The van der Waals surface area contributed by atoms with E-state index in [9.17, 15) is 24.3 Å². The maximum absolute atomic E-state index is 13.0. The Hall–Kier alpha value is -2.93. The van der Waals surface area contributed by atoms with Crippen molar-refractivity contribution in [2.45, 2.75) is 77.5 Å². The highest BCUT2D eigenvalue weighted by Gasteiger charge is 2.32. The number of guanidine groups is 1. The minimum Gasteiger partial charge on any atom is -0.480 e. The fourth-order valence-corrected chi connectivity index (χ4v) is 3.03. The Kier molecular flexibility index (Phi) is 14.5. The van der Waals surface area contributed by atoms with E-state index in [2.05, 4.69) is 20.9 Å². The van der Waals surface area contributed by atoms with E-state index in [0.29, 0.717) is 32.2 Å². The summed E-state index contributed by atoms with van der Waals surface area (Å²) in [5, 5.41) is 25.8. The summed E-state index contributed by atoms with van der Waals surface area (Å²) in [6, 6.07) is -4.40. The van der Waals surface area contributed by atoms with Crippen LogP contribution in [-0.2, 0) is 19.2 Å². The van der Waals surface area contributed by atoms with Crippen molar-refractivity contribution in [3.8, 4) is 0 Å². The van der Waals surface area contributed by atoms with Gasteiger partial charge in [0.1, 0.15) is 18.1 Å². The van der Waals surface area contributed by atoms with Crippen molar-refractivity contribution < 1.29 is 29.4 Å². The van der Waals surface area contributed by atoms with Gasteiger partial charge >= 0.3 is 5.97 Å². The number of nitrogens with one attached hydrogen (secondary N) is 3. The first-order valence-corrected chi connectivity index (χ1v) is 11.4. The van der Waals surface area contributed by atoms with Gasteiger partial charge in [-0.3, -0.25) is 19.4 Å². The number of nitrogens with two attached hydrogens (primary N) is 3. The van der Waals surface area contributed by atoms with Crippen LogP contribution in [-0.4, -0.2) is 77.2 Å². The van der Waals surface area contributed by atoms with Gasteiger partial charge in [-0.2, -0.15) is 0 Å². The van der Waals surface area contributed by atoms with Gasteiger partial charge in [0.25, 0.3) is 0 Å². The van der Waals surface area contributed by atoms with Gasteiger partial charge in [0, 0.05) is 6.54 Å². The molecule has 34 heavy (non-hydrogen) atoms. The van der Waals surface area contributed by atoms with Gasteiger partial charge < -0.3 is 43.4 Å². The summed E-state index contributed by atoms with van der Waals surface area (Å²) in [7, 11) is 0. The molecule has 0 saturated heterocycles. The first kappa shape index (κ1) is 31.1. The van der Waals surface area contributed by atoms with E-state index in [1.165, 1.54) is 0 Å². The molecule has 0 rings (SSSR count). The summed E-state index contributed by atoms with van der Waals surface area (Å²) in [6.45, 7) is 6.80. The maximum Gasteiger partial charge on any atom is 0.328 e. The molecule has 0 bridgehead atoms. The van der Waals surface area contributed by atoms with Gasteiger partial charge in [0.15, 0.2) is 5.96 Å². The zero-order valence-electron chi connectivity index (χ0n) is 20.4. The second kappa shape index (κ2) is 15.8. The molecule has 0 aliphatic rings. The number of carbonyl (C=O) groups is 4. The molecule has 11 N–H and O–H groups in total. The fourth-order valence-electron chi connectivity index (χ4n) is 3.03. The zero-order chi connectivity index (χ0) is 26.4. The summed E-state index contributed by atoms with van der Waals surface area (Å²) in [6.07, 6.45) is 1.58. The Bertz CT molecular complexity index is 712. The van der Waals surface area contributed by atoms with Crippen LogP contribution in [0.2, 0.25) is 0 Å². The highest BCUT2D eigenvalue weighted by molar-refractivity contribution is 5.94. The quantitative estimate of drug-likeness (QED) is 0.0681. The Balaban J connectivity index is 5.35. The first-order valence-electron chi connectivity index (χ1n) is 11.4. The first-order chi connectivity index (χ1) is 15.8. The third-order valence-electron chi connectivity index (χ3n) is 5.23. The molecule has 196 valence electrons. The third-order valence-corrected chi connectivity index (χ3v) is 5.23. The molecule has 13 nitrogen and oxygen atoms in total. The standard InChI is InChI=1S/C21H41N7O6/c1-5-12(4)16(19(32)27-15(10-29)20(33)34)28-18(31)14(9-11(2)3)26-17(30)13(22)7-6-8-25-21(23)24/h11-16,29H,5-10,22H2,1-4H3,(H,26,30)(H,27,32)(H,28,31)(H,33,34)(H4,23,24,25). The second-order valence-electron chi connectivity index (χ2n) is 8.70. The number of aliphatic carboxylic acids is 1. The van der Waals surface area contributed by atoms with Crippen LogP contribution >= 0.6 is 0 Å². The number of hydrogen-bond donors (Lipinski definition) is 8. The molecule has 0 spiro atoms. The average molecular weight is 488 g/mol. The molecule has 0 fully saturated rings. The molecule has 5 atom stereocenters. The van der Waals surface area contributed by atoms with E-state index in [1.807, 2.05) is 20.8 Å². The number of aliphatic imine (C=N–C) groups is 1. The van der Waals surface area contributed by atoms with Crippen molar-refractivity contribution in [2.24, 2.45) is 34.0 Å². The van der Waals surface area contributed by atoms with Crippen molar-refractivity contribution in [1.82, 2.24) is 16.0 Å². The highest BCUT2D eigenvalue weighted by atomic mass is 16.4. The molecule has 0 radical (unpaired) electrons. The van der Waals surface area contributed by atoms with Crippen LogP contribution in [0, 0.1) is 11.8 Å². The molecule has 0 heterocycles. The Morgan fingerprint density at radius 1 is 0.941 bits per heavy atom. The van der Waals surface area contributed by atoms with Crippen LogP contribution in [0.15, 0.2) is 4.99 Å². The molecular formula is C21H41N7O6. The molecule has 0 aliphatic carbocycles. The second-order valence-corrected chi connectivity index (χ2v) is 8.70. The number of hydrogen-bond acceptors (Lipinski definition) is 7. The minimum absolute atomic E-state index is 0.0378. The lowest BCUT2D eigenvalue weighted by molar-refractivity contribution is -0.143. The van der Waals surface area contributed by atoms with Crippen molar-refractivity contribution in [3.63, 3.8) is 0 Å². The zero-order valence-corrected chi connectivity index (χ0v) is 20.4. The lowest BCUT2D eigenvalue weighted by Crippen LogP contribution is -2.59. The summed E-state index contributed by atoms with van der Waals surface area (Å²) in [4.78, 5) is 53.3. The topological polar surface area (TPSA) is 235 Å². The number of rotatable bonds is 16. The average Bonchev–Trinajstić information content (AvgIpc) is 2.76. The van der Waals surface area contributed by atoms with E-state index < -0.39 is 54.5 Å². The number of carbonyl (C=O) groups excluding carboxylic acids is 3. The van der Waals surface area contributed by atoms with Gasteiger partial charge in [-0.25, -0.2) is 4.79 Å². The van der Waals surface area contributed by atoms with Crippen molar-refractivity contribution >= 4 is 29.7 Å². The van der Waals surface area contributed by atoms with Gasteiger partial charge in [0.05, 0.1) is 12.6 Å². The highest BCUT2D eigenvalue weighted by Crippen LogP contribution is 2.11. The van der Waals surface area contributed by atoms with Crippen LogP contribution in [0.5, 0.6) is 0 Å². The van der Waals surface area contributed by atoms with Gasteiger partial charge in [-0.15, -0.1) is 0 Å². The largest absolute Gasteiger partial charge is 0.480 e. The predicted molar refractivity (Wildman–Crippen MR) is 127 cm³/mol. The summed E-state index contributed by atoms with van der Waals surface area (Å²) in [5.41, 5.74) is 16.5. The number of amides is 3. The van der Waals surface area contributed by atoms with Gasteiger partial charge in [0.2, 0.25) is 17.7 Å². The molecule has 5 unspecified atom stereocenters. The van der Waals surface area contributed by atoms with E-state index in [4.69, 9.17) is 22.3 Å². The van der Waals surface area contributed by atoms with Crippen LogP contribution in [0.3, 0.4) is 0 Å². The molecule has 0 aromatic rings. The van der Waals surface area contributed by atoms with Crippen LogP contribution < -0.4 is 33.2 Å². The van der Waals surface area contributed by atoms with Crippen molar-refractivity contribution in [2.75, 3.05) is 13.2 Å². The van der Waals surface area contributed by atoms with E-state index in [-0.39, 0.29) is 17.8 Å². The molecule has 0 saturated carbocycles. The van der Waals surface area contributed by atoms with E-state index in [1.54, 1.807) is 6.92 Å². The lowest BCUT2D eigenvalue weighted by Gasteiger charge is -2.28. The number of nitrogens with zero attached hydrogens (tertiary/aromatic N) is 1. The molecule has 13 heteroatoms. The van der Waals surface area contributed by atoms with Crippen molar-refractivity contribution in [1.29, 1.82) is 0 Å². The Labute approximate surface area is 200 Å². The van der Waals surface area contributed by atoms with Gasteiger partial charge in [-0.1, -0.05) is 34.1 Å². The van der Waals surface area contributed by atoms with Gasteiger partial charge in [-0.05, 0) is 31.1 Å². The number of aliphatic hydroxyl groups excluding tert-OH is 1. The van der Waals surface area contributed by atoms with E-state index in [0.717, 1.165) is 0 Å². The summed E-state index contributed by atoms with van der Waals surface area (Å²) in [5.74, 6) is -3.62. The number of aliphatic hydroxyl groups is 1. The summed E-state index contributed by atoms with van der Waals surface area (Å²) < 4.78 is 0. The fraction of sp³-hybridized carbons (Fsp3) is 0.762. The Morgan fingerprint density at radius 2 is 1.53 bits per heavy atom. The van der Waals surface area contributed by atoms with Crippen LogP contribution in [0.4, 0.5) is 0 Å². The van der Waals surface area contributed by atoms with Crippen LogP contribution in [0.1, 0.15) is 53.4 Å². The molecule has 3 amide bonds. The smallest absolute Gasteiger partial charge is 0.328 e. The maximum atomic E-state index is 13.0. The predicted octanol–water partition coefficient (Wildman–Crippen LogP) is -2.01. The molecule has 0 aromatic heterocycles. The van der Waals surface area contributed by atoms with E-state index >= 15 is 0 Å². The van der Waals surface area contributed by atoms with Crippen molar-refractivity contribution in [3.05, 3.63) is 0 Å². The summed E-state index contributed by atoms with van der Waals surface area (Å²) >= 11 is 0. The molecular weight excluding hydrogens is 446 g/mol. The minimum atomic E-state index is -1.50.